The standard InChI is InChI=1S/C10H9Cl2FO2/c11-5-7(14)4-8-9(12)2-1-3-10(8)15-6-13/h1-3H,4-6H2. The maximum absolute atomic E-state index is 12.0. The monoisotopic (exact) mass is 250 g/mol. The molecule has 0 aliphatic carbocycles. The highest BCUT2D eigenvalue weighted by Crippen LogP contribution is 2.27. The molecule has 0 atom stereocenters. The zero-order valence-corrected chi connectivity index (χ0v) is 9.32. The number of carbonyl (C=O) groups excluding carboxylic acids is 1. The van der Waals surface area contributed by atoms with E-state index in [9.17, 15) is 9.18 Å². The van der Waals surface area contributed by atoms with Gasteiger partial charge in [0.15, 0.2) is 5.78 Å². The van der Waals surface area contributed by atoms with Crippen molar-refractivity contribution in [3.63, 3.8) is 0 Å². The van der Waals surface area contributed by atoms with E-state index in [1.54, 1.807) is 18.2 Å². The highest BCUT2D eigenvalue weighted by atomic mass is 35.5. The minimum absolute atomic E-state index is 0.0541. The van der Waals surface area contributed by atoms with Crippen LogP contribution in [0.25, 0.3) is 0 Å². The van der Waals surface area contributed by atoms with Crippen molar-refractivity contribution in [2.24, 2.45) is 0 Å². The summed E-state index contributed by atoms with van der Waals surface area (Å²) in [6.07, 6.45) is 0.0541. The molecule has 5 heteroatoms. The highest BCUT2D eigenvalue weighted by Gasteiger charge is 2.12. The Balaban J connectivity index is 2.96. The van der Waals surface area contributed by atoms with E-state index in [2.05, 4.69) is 0 Å². The average molecular weight is 251 g/mol. The number of hydrogen-bond donors (Lipinski definition) is 0. The van der Waals surface area contributed by atoms with Gasteiger partial charge in [-0.2, -0.15) is 0 Å². The number of ether oxygens (including phenoxy) is 1. The van der Waals surface area contributed by atoms with Gasteiger partial charge < -0.3 is 4.74 Å². The Labute approximate surface area is 96.9 Å². The molecule has 0 spiro atoms. The first-order chi connectivity index (χ1) is 7.19. The van der Waals surface area contributed by atoms with Crippen LogP contribution in [0.2, 0.25) is 5.02 Å². The topological polar surface area (TPSA) is 26.3 Å². The third-order valence-electron chi connectivity index (χ3n) is 1.81. The molecule has 2 nitrogen and oxygen atoms in total. The van der Waals surface area contributed by atoms with Crippen molar-refractivity contribution in [1.82, 2.24) is 0 Å². The fraction of sp³-hybridized carbons (Fsp3) is 0.300. The Morgan fingerprint density at radius 1 is 1.47 bits per heavy atom. The zero-order valence-electron chi connectivity index (χ0n) is 7.80. The van der Waals surface area contributed by atoms with Crippen LogP contribution in [0.1, 0.15) is 5.56 Å². The molecule has 0 aromatic heterocycles. The second kappa shape index (κ2) is 5.93. The summed E-state index contributed by atoms with van der Waals surface area (Å²) in [5, 5.41) is 0.374. The molecule has 0 amide bonds. The van der Waals surface area contributed by atoms with Crippen LogP contribution in [-0.2, 0) is 11.2 Å². The van der Waals surface area contributed by atoms with E-state index in [1.165, 1.54) is 0 Å². The molecule has 1 aromatic carbocycles. The average Bonchev–Trinajstić information content (AvgIpc) is 2.23. The van der Waals surface area contributed by atoms with Crippen LogP contribution >= 0.6 is 23.2 Å². The quantitative estimate of drug-likeness (QED) is 0.752. The summed E-state index contributed by atoms with van der Waals surface area (Å²) in [4.78, 5) is 11.2. The SMILES string of the molecule is O=C(CCl)Cc1c(Cl)cccc1OCF. The number of alkyl halides is 2. The van der Waals surface area contributed by atoms with Crippen LogP contribution in [0, 0.1) is 0 Å². The van der Waals surface area contributed by atoms with Crippen LogP contribution in [-0.4, -0.2) is 18.5 Å². The molecular formula is C10H9Cl2FO2. The minimum atomic E-state index is -0.956. The maximum Gasteiger partial charge on any atom is 0.228 e. The second-order valence-electron chi connectivity index (χ2n) is 2.82. The largest absolute Gasteiger partial charge is 0.463 e. The van der Waals surface area contributed by atoms with Gasteiger partial charge in [0.05, 0.1) is 5.88 Å². The molecule has 0 saturated carbocycles. The summed E-state index contributed by atoms with van der Waals surface area (Å²) in [7, 11) is 0. The van der Waals surface area contributed by atoms with Crippen molar-refractivity contribution in [1.29, 1.82) is 0 Å². The number of rotatable bonds is 5. The number of hydrogen-bond acceptors (Lipinski definition) is 2. The molecule has 0 aliphatic rings. The molecular weight excluding hydrogens is 242 g/mol. The first-order valence-corrected chi connectivity index (χ1v) is 5.14. The van der Waals surface area contributed by atoms with Gasteiger partial charge in [0, 0.05) is 17.0 Å². The predicted molar refractivity (Wildman–Crippen MR) is 57.5 cm³/mol. The summed E-state index contributed by atoms with van der Waals surface area (Å²) >= 11 is 11.2. The molecule has 0 radical (unpaired) electrons. The zero-order chi connectivity index (χ0) is 11.3. The predicted octanol–water partition coefficient (Wildman–Crippen LogP) is 3.00. The molecule has 1 aromatic rings. The van der Waals surface area contributed by atoms with Crippen molar-refractivity contribution in [2.75, 3.05) is 12.7 Å². The Morgan fingerprint density at radius 3 is 2.80 bits per heavy atom. The molecule has 0 fully saturated rings. The summed E-state index contributed by atoms with van der Waals surface area (Å²) < 4.78 is 16.8. The maximum atomic E-state index is 12.0. The van der Waals surface area contributed by atoms with Crippen molar-refractivity contribution in [3.05, 3.63) is 28.8 Å². The minimum Gasteiger partial charge on any atom is -0.463 e. The lowest BCUT2D eigenvalue weighted by molar-refractivity contribution is -0.116. The van der Waals surface area contributed by atoms with E-state index in [0.29, 0.717) is 10.6 Å². The van der Waals surface area contributed by atoms with Crippen LogP contribution in [0.15, 0.2) is 18.2 Å². The highest BCUT2D eigenvalue weighted by molar-refractivity contribution is 6.32. The summed E-state index contributed by atoms with van der Waals surface area (Å²) in [5.41, 5.74) is 0.475. The number of benzene rings is 1. The second-order valence-corrected chi connectivity index (χ2v) is 3.49. The van der Waals surface area contributed by atoms with Crippen LogP contribution in [0.3, 0.4) is 0 Å². The fourth-order valence-corrected chi connectivity index (χ4v) is 1.48. The van der Waals surface area contributed by atoms with Gasteiger partial charge in [0.1, 0.15) is 5.75 Å². The van der Waals surface area contributed by atoms with E-state index in [0.717, 1.165) is 0 Å². The number of carbonyl (C=O) groups is 1. The first-order valence-electron chi connectivity index (χ1n) is 4.23. The third-order valence-corrected chi connectivity index (χ3v) is 2.46. The third kappa shape index (κ3) is 3.36. The smallest absolute Gasteiger partial charge is 0.228 e. The van der Waals surface area contributed by atoms with Crippen molar-refractivity contribution in [2.45, 2.75) is 6.42 Å². The van der Waals surface area contributed by atoms with Gasteiger partial charge in [-0.05, 0) is 12.1 Å². The Hall–Kier alpha value is -0.800. The van der Waals surface area contributed by atoms with Gasteiger partial charge in [-0.25, -0.2) is 4.39 Å². The lowest BCUT2D eigenvalue weighted by Crippen LogP contribution is -2.06. The lowest BCUT2D eigenvalue weighted by Gasteiger charge is -2.09. The number of ketones is 1. The molecule has 0 aliphatic heterocycles. The fourth-order valence-electron chi connectivity index (χ4n) is 1.15. The van der Waals surface area contributed by atoms with E-state index >= 15 is 0 Å². The normalized spacial score (nSPS) is 10.1. The number of halogens is 3. The molecule has 0 bridgehead atoms. The molecule has 82 valence electrons. The lowest BCUT2D eigenvalue weighted by atomic mass is 10.1. The summed E-state index contributed by atoms with van der Waals surface area (Å²) in [5.74, 6) is -0.00255. The van der Waals surface area contributed by atoms with Crippen molar-refractivity contribution in [3.8, 4) is 5.75 Å². The molecule has 0 unspecified atom stereocenters. The summed E-state index contributed by atoms with van der Waals surface area (Å²) in [6.45, 7) is -0.956. The van der Waals surface area contributed by atoms with Crippen LogP contribution < -0.4 is 4.74 Å². The van der Waals surface area contributed by atoms with Gasteiger partial charge in [-0.3, -0.25) is 4.79 Å². The molecule has 15 heavy (non-hydrogen) atoms. The molecule has 0 N–H and O–H groups in total. The van der Waals surface area contributed by atoms with Gasteiger partial charge in [0.2, 0.25) is 6.86 Å². The van der Waals surface area contributed by atoms with E-state index in [1.807, 2.05) is 0 Å². The first kappa shape index (κ1) is 12.3. The van der Waals surface area contributed by atoms with E-state index in [-0.39, 0.29) is 23.8 Å². The van der Waals surface area contributed by atoms with Crippen LogP contribution in [0.5, 0.6) is 5.75 Å². The van der Waals surface area contributed by atoms with Crippen molar-refractivity contribution < 1.29 is 13.9 Å². The molecule has 0 heterocycles. The Morgan fingerprint density at radius 2 is 2.20 bits per heavy atom. The van der Waals surface area contributed by atoms with E-state index in [4.69, 9.17) is 27.9 Å². The number of Topliss-reactive ketones (excluding diaryl/α,β-unsaturated/α-hetero) is 1. The van der Waals surface area contributed by atoms with Gasteiger partial charge in [0.25, 0.3) is 0 Å². The summed E-state index contributed by atoms with van der Waals surface area (Å²) in [6, 6.07) is 4.80. The van der Waals surface area contributed by atoms with E-state index < -0.39 is 6.86 Å². The van der Waals surface area contributed by atoms with Crippen LogP contribution in [0.4, 0.5) is 4.39 Å². The Kier molecular flexibility index (Phi) is 4.85. The van der Waals surface area contributed by atoms with Gasteiger partial charge in [-0.1, -0.05) is 17.7 Å². The van der Waals surface area contributed by atoms with Gasteiger partial charge >= 0.3 is 0 Å². The van der Waals surface area contributed by atoms with Gasteiger partial charge in [-0.15, -0.1) is 11.6 Å². The van der Waals surface area contributed by atoms with Crippen molar-refractivity contribution >= 4 is 29.0 Å². The molecule has 1 rings (SSSR count). The Bertz CT molecular complexity index is 355. The molecule has 0 saturated heterocycles.